The maximum Gasteiger partial charge on any atom is 0.119 e. The van der Waals surface area contributed by atoms with E-state index >= 15 is 0 Å². The summed E-state index contributed by atoms with van der Waals surface area (Å²) in [4.78, 5) is 1.34. The summed E-state index contributed by atoms with van der Waals surface area (Å²) in [5.74, 6) is 0.844. The zero-order chi connectivity index (χ0) is 13.7. The second-order valence-electron chi connectivity index (χ2n) is 4.16. The maximum atomic E-state index is 5.84. The Morgan fingerprint density at radius 1 is 1.26 bits per heavy atom. The molecule has 2 nitrogen and oxygen atoms in total. The molecule has 0 saturated heterocycles. The van der Waals surface area contributed by atoms with Crippen molar-refractivity contribution >= 4 is 38.9 Å². The van der Waals surface area contributed by atoms with Crippen LogP contribution >= 0.6 is 38.9 Å². The predicted octanol–water partition coefficient (Wildman–Crippen LogP) is 4.37. The molecule has 2 rings (SSSR count). The molecule has 0 aliphatic carbocycles. The van der Waals surface area contributed by atoms with Crippen LogP contribution in [-0.2, 0) is 6.42 Å². The molecule has 0 bridgehead atoms. The molecule has 0 saturated carbocycles. The number of benzene rings is 1. The molecule has 0 aliphatic heterocycles. The zero-order valence-corrected chi connectivity index (χ0v) is 13.7. The highest BCUT2D eigenvalue weighted by atomic mass is 79.9. The summed E-state index contributed by atoms with van der Waals surface area (Å²) in [5.41, 5.74) is 0. The SMILES string of the molecule is CNC(COc1ccc(Cl)cc1)Cc1ccc(Br)s1. The van der Waals surface area contributed by atoms with Gasteiger partial charge in [-0.1, -0.05) is 11.6 Å². The molecule has 1 atom stereocenters. The first kappa shape index (κ1) is 14.9. The molecule has 0 aliphatic rings. The van der Waals surface area contributed by atoms with Gasteiger partial charge in [0.1, 0.15) is 12.4 Å². The number of hydrogen-bond acceptors (Lipinski definition) is 3. The van der Waals surface area contributed by atoms with Gasteiger partial charge in [-0.3, -0.25) is 0 Å². The highest BCUT2D eigenvalue weighted by Gasteiger charge is 2.10. The molecule has 102 valence electrons. The van der Waals surface area contributed by atoms with Crippen LogP contribution in [0.5, 0.6) is 5.75 Å². The topological polar surface area (TPSA) is 21.3 Å². The molecule has 19 heavy (non-hydrogen) atoms. The summed E-state index contributed by atoms with van der Waals surface area (Å²) in [6.07, 6.45) is 0.959. The van der Waals surface area contributed by atoms with E-state index in [1.165, 1.54) is 4.88 Å². The van der Waals surface area contributed by atoms with Gasteiger partial charge >= 0.3 is 0 Å². The van der Waals surface area contributed by atoms with Crippen molar-refractivity contribution in [2.75, 3.05) is 13.7 Å². The first-order chi connectivity index (χ1) is 9.17. The summed E-state index contributed by atoms with van der Waals surface area (Å²) in [5, 5.41) is 4.00. The monoisotopic (exact) mass is 359 g/mol. The molecular formula is C14H15BrClNOS. The van der Waals surface area contributed by atoms with Gasteiger partial charge in [0.05, 0.1) is 3.79 Å². The molecule has 1 unspecified atom stereocenters. The molecule has 0 fully saturated rings. The van der Waals surface area contributed by atoms with E-state index in [1.807, 2.05) is 31.3 Å². The quantitative estimate of drug-likeness (QED) is 0.825. The molecule has 1 aromatic carbocycles. The van der Waals surface area contributed by atoms with E-state index in [1.54, 1.807) is 11.3 Å². The van der Waals surface area contributed by atoms with E-state index < -0.39 is 0 Å². The number of rotatable bonds is 6. The Morgan fingerprint density at radius 2 is 2.00 bits per heavy atom. The Bertz CT molecular complexity index is 514. The van der Waals surface area contributed by atoms with Crippen molar-refractivity contribution < 1.29 is 4.74 Å². The third-order valence-corrected chi connectivity index (χ3v) is 4.65. The van der Waals surface area contributed by atoms with E-state index in [0.717, 1.165) is 21.0 Å². The van der Waals surface area contributed by atoms with Gasteiger partial charge in [0.2, 0.25) is 0 Å². The predicted molar refractivity (Wildman–Crippen MR) is 85.5 cm³/mol. The van der Waals surface area contributed by atoms with Crippen LogP contribution < -0.4 is 10.1 Å². The molecule has 1 aromatic heterocycles. The van der Waals surface area contributed by atoms with Gasteiger partial charge in [-0.2, -0.15) is 0 Å². The molecule has 0 radical (unpaired) electrons. The van der Waals surface area contributed by atoms with Crippen molar-refractivity contribution in [1.29, 1.82) is 0 Å². The third-order valence-electron chi connectivity index (χ3n) is 2.75. The van der Waals surface area contributed by atoms with Crippen LogP contribution in [0.25, 0.3) is 0 Å². The fourth-order valence-corrected chi connectivity index (χ4v) is 3.37. The normalized spacial score (nSPS) is 12.4. The minimum absolute atomic E-state index is 0.293. The van der Waals surface area contributed by atoms with Gasteiger partial charge in [-0.05, 0) is 59.4 Å². The number of halogens is 2. The van der Waals surface area contributed by atoms with Crippen molar-refractivity contribution in [3.05, 3.63) is 50.1 Å². The highest BCUT2D eigenvalue weighted by Crippen LogP contribution is 2.23. The van der Waals surface area contributed by atoms with Crippen LogP contribution in [0.1, 0.15) is 4.88 Å². The van der Waals surface area contributed by atoms with Crippen molar-refractivity contribution in [2.24, 2.45) is 0 Å². The van der Waals surface area contributed by atoms with E-state index in [4.69, 9.17) is 16.3 Å². The molecule has 0 spiro atoms. The Hall–Kier alpha value is -0.550. The second kappa shape index (κ2) is 7.29. The summed E-state index contributed by atoms with van der Waals surface area (Å²) in [7, 11) is 1.96. The first-order valence-electron chi connectivity index (χ1n) is 5.97. The molecule has 1 heterocycles. The minimum Gasteiger partial charge on any atom is -0.492 e. The average Bonchev–Trinajstić information content (AvgIpc) is 2.82. The molecule has 2 aromatic rings. The second-order valence-corrected chi connectivity index (χ2v) is 7.14. The zero-order valence-electron chi connectivity index (χ0n) is 10.5. The van der Waals surface area contributed by atoms with Crippen LogP contribution in [-0.4, -0.2) is 19.7 Å². The Balaban J connectivity index is 1.87. The molecule has 1 N–H and O–H groups in total. The lowest BCUT2D eigenvalue weighted by atomic mass is 10.2. The number of ether oxygens (including phenoxy) is 1. The van der Waals surface area contributed by atoms with Gasteiger partial charge in [-0.25, -0.2) is 0 Å². The Labute approximate surface area is 130 Å². The third kappa shape index (κ3) is 4.80. The van der Waals surface area contributed by atoms with Gasteiger partial charge < -0.3 is 10.1 Å². The van der Waals surface area contributed by atoms with Crippen LogP contribution in [0, 0.1) is 0 Å². The summed E-state index contributed by atoms with van der Waals surface area (Å²) in [6.45, 7) is 0.633. The van der Waals surface area contributed by atoms with Gasteiger partial charge in [0, 0.05) is 22.4 Å². The van der Waals surface area contributed by atoms with Gasteiger partial charge in [-0.15, -0.1) is 11.3 Å². The van der Waals surface area contributed by atoms with Crippen LogP contribution in [0.4, 0.5) is 0 Å². The van der Waals surface area contributed by atoms with E-state index in [0.29, 0.717) is 12.6 Å². The Kier molecular flexibility index (Phi) is 5.70. The number of nitrogens with one attached hydrogen (secondary N) is 1. The van der Waals surface area contributed by atoms with Crippen molar-refractivity contribution in [1.82, 2.24) is 5.32 Å². The fourth-order valence-electron chi connectivity index (χ4n) is 1.68. The summed E-state index contributed by atoms with van der Waals surface area (Å²) >= 11 is 11.1. The van der Waals surface area contributed by atoms with Crippen molar-refractivity contribution in [3.8, 4) is 5.75 Å². The largest absolute Gasteiger partial charge is 0.492 e. The standard InChI is InChI=1S/C14H15BrClNOS/c1-17-11(8-13-6-7-14(15)19-13)9-18-12-4-2-10(16)3-5-12/h2-7,11,17H,8-9H2,1H3. The number of likely N-dealkylation sites (N-methyl/N-ethyl adjacent to an activating group) is 1. The highest BCUT2D eigenvalue weighted by molar-refractivity contribution is 9.11. The van der Waals surface area contributed by atoms with Gasteiger partial charge in [0.15, 0.2) is 0 Å². The number of thiophene rings is 1. The lowest BCUT2D eigenvalue weighted by Crippen LogP contribution is -2.33. The lowest BCUT2D eigenvalue weighted by molar-refractivity contribution is 0.270. The maximum absolute atomic E-state index is 5.84. The molecular weight excluding hydrogens is 346 g/mol. The van der Waals surface area contributed by atoms with E-state index in [2.05, 4.69) is 33.4 Å². The van der Waals surface area contributed by atoms with Crippen molar-refractivity contribution in [2.45, 2.75) is 12.5 Å². The smallest absolute Gasteiger partial charge is 0.119 e. The van der Waals surface area contributed by atoms with E-state index in [-0.39, 0.29) is 0 Å². The van der Waals surface area contributed by atoms with Crippen LogP contribution in [0.2, 0.25) is 5.02 Å². The van der Waals surface area contributed by atoms with Crippen LogP contribution in [0.3, 0.4) is 0 Å². The number of hydrogen-bond donors (Lipinski definition) is 1. The molecule has 0 amide bonds. The minimum atomic E-state index is 0.293. The lowest BCUT2D eigenvalue weighted by Gasteiger charge is -2.16. The van der Waals surface area contributed by atoms with Gasteiger partial charge in [0.25, 0.3) is 0 Å². The molecule has 5 heteroatoms. The van der Waals surface area contributed by atoms with E-state index in [9.17, 15) is 0 Å². The first-order valence-corrected chi connectivity index (χ1v) is 7.96. The van der Waals surface area contributed by atoms with Crippen LogP contribution in [0.15, 0.2) is 40.2 Å². The summed E-state index contributed by atoms with van der Waals surface area (Å²) in [6, 6.07) is 12.0. The summed E-state index contributed by atoms with van der Waals surface area (Å²) < 4.78 is 6.93. The average molecular weight is 361 g/mol. The fraction of sp³-hybridized carbons (Fsp3) is 0.286. The Morgan fingerprint density at radius 3 is 2.58 bits per heavy atom. The van der Waals surface area contributed by atoms with Crippen molar-refractivity contribution in [3.63, 3.8) is 0 Å².